The Morgan fingerprint density at radius 3 is 2.68 bits per heavy atom. The van der Waals surface area contributed by atoms with E-state index in [1.54, 1.807) is 18.2 Å². The molecule has 0 heterocycles. The van der Waals surface area contributed by atoms with Gasteiger partial charge in [0.2, 0.25) is 0 Å². The standard InChI is InChI=1S/C13H9BrClFN2O/c14-7-1-4-12(17)9(5-7)13(19)18-8-2-3-10(15)11(16)6-8/h1-6H,17H2,(H,18,19). The zero-order valence-electron chi connectivity index (χ0n) is 9.58. The molecule has 0 saturated carbocycles. The van der Waals surface area contributed by atoms with Crippen LogP contribution in [0.5, 0.6) is 0 Å². The van der Waals surface area contributed by atoms with Gasteiger partial charge in [0.15, 0.2) is 0 Å². The van der Waals surface area contributed by atoms with Crippen LogP contribution in [0.4, 0.5) is 15.8 Å². The molecule has 0 unspecified atom stereocenters. The van der Waals surface area contributed by atoms with E-state index < -0.39 is 11.7 Å². The Morgan fingerprint density at radius 1 is 1.26 bits per heavy atom. The van der Waals surface area contributed by atoms with E-state index in [0.717, 1.165) is 10.5 Å². The van der Waals surface area contributed by atoms with Crippen molar-refractivity contribution in [1.82, 2.24) is 0 Å². The second kappa shape index (κ2) is 5.59. The van der Waals surface area contributed by atoms with Crippen molar-refractivity contribution >= 4 is 44.8 Å². The lowest BCUT2D eigenvalue weighted by molar-refractivity contribution is 0.102. The maximum Gasteiger partial charge on any atom is 0.257 e. The molecule has 0 saturated heterocycles. The smallest absolute Gasteiger partial charge is 0.257 e. The van der Waals surface area contributed by atoms with Crippen molar-refractivity contribution in [2.45, 2.75) is 0 Å². The summed E-state index contributed by atoms with van der Waals surface area (Å²) in [6.45, 7) is 0. The number of carbonyl (C=O) groups excluding carboxylic acids is 1. The zero-order valence-corrected chi connectivity index (χ0v) is 11.9. The minimum Gasteiger partial charge on any atom is -0.398 e. The van der Waals surface area contributed by atoms with E-state index >= 15 is 0 Å². The first-order valence-electron chi connectivity index (χ1n) is 5.29. The molecule has 2 aromatic rings. The quantitative estimate of drug-likeness (QED) is 0.807. The number of halogens is 3. The highest BCUT2D eigenvalue weighted by molar-refractivity contribution is 9.10. The van der Waals surface area contributed by atoms with Gasteiger partial charge >= 0.3 is 0 Å². The normalized spacial score (nSPS) is 10.3. The van der Waals surface area contributed by atoms with Gasteiger partial charge in [-0.15, -0.1) is 0 Å². The highest BCUT2D eigenvalue weighted by atomic mass is 79.9. The molecular formula is C13H9BrClFN2O. The number of nitrogens with one attached hydrogen (secondary N) is 1. The third kappa shape index (κ3) is 3.24. The second-order valence-corrected chi connectivity index (χ2v) is 5.14. The Morgan fingerprint density at radius 2 is 2.00 bits per heavy atom. The Bertz CT molecular complexity index is 649. The number of nitrogens with two attached hydrogens (primary N) is 1. The molecule has 0 atom stereocenters. The van der Waals surface area contributed by atoms with Gasteiger partial charge in [-0.3, -0.25) is 4.79 Å². The van der Waals surface area contributed by atoms with Crippen LogP contribution in [0, 0.1) is 5.82 Å². The van der Waals surface area contributed by atoms with Crippen LogP contribution in [-0.2, 0) is 0 Å². The lowest BCUT2D eigenvalue weighted by Gasteiger charge is -2.08. The van der Waals surface area contributed by atoms with Crippen molar-refractivity contribution in [3.8, 4) is 0 Å². The monoisotopic (exact) mass is 342 g/mol. The van der Waals surface area contributed by atoms with E-state index in [-0.39, 0.29) is 5.02 Å². The van der Waals surface area contributed by atoms with Gasteiger partial charge < -0.3 is 11.1 Å². The molecule has 0 aromatic heterocycles. The minimum atomic E-state index is -0.596. The zero-order chi connectivity index (χ0) is 14.0. The number of anilines is 2. The van der Waals surface area contributed by atoms with E-state index in [9.17, 15) is 9.18 Å². The van der Waals surface area contributed by atoms with E-state index in [2.05, 4.69) is 21.2 Å². The van der Waals surface area contributed by atoms with Crippen LogP contribution in [0.3, 0.4) is 0 Å². The Balaban J connectivity index is 2.25. The van der Waals surface area contributed by atoms with E-state index in [0.29, 0.717) is 16.9 Å². The molecule has 3 N–H and O–H groups in total. The maximum atomic E-state index is 13.3. The summed E-state index contributed by atoms with van der Waals surface area (Å²) < 4.78 is 14.0. The van der Waals surface area contributed by atoms with Gasteiger partial charge in [-0.05, 0) is 36.4 Å². The number of hydrogen-bond donors (Lipinski definition) is 2. The van der Waals surface area contributed by atoms with Crippen LogP contribution in [-0.4, -0.2) is 5.91 Å². The third-order valence-electron chi connectivity index (χ3n) is 2.44. The first-order valence-corrected chi connectivity index (χ1v) is 6.46. The number of nitrogen functional groups attached to an aromatic ring is 1. The van der Waals surface area contributed by atoms with Gasteiger partial charge in [0.25, 0.3) is 5.91 Å². The molecule has 1 amide bonds. The van der Waals surface area contributed by atoms with Gasteiger partial charge in [0.05, 0.1) is 10.6 Å². The van der Waals surface area contributed by atoms with E-state index in [4.69, 9.17) is 17.3 Å². The van der Waals surface area contributed by atoms with Crippen molar-refractivity contribution in [3.63, 3.8) is 0 Å². The van der Waals surface area contributed by atoms with Gasteiger partial charge in [-0.1, -0.05) is 27.5 Å². The molecule has 2 aromatic carbocycles. The number of amides is 1. The van der Waals surface area contributed by atoms with Gasteiger partial charge in [0.1, 0.15) is 5.82 Å². The summed E-state index contributed by atoms with van der Waals surface area (Å²) in [6.07, 6.45) is 0. The summed E-state index contributed by atoms with van der Waals surface area (Å²) in [4.78, 5) is 12.0. The SMILES string of the molecule is Nc1ccc(Br)cc1C(=O)Nc1ccc(Cl)c(F)c1. The molecule has 0 aliphatic carbocycles. The molecule has 0 spiro atoms. The van der Waals surface area contributed by atoms with Gasteiger partial charge in [-0.25, -0.2) is 4.39 Å². The fourth-order valence-electron chi connectivity index (χ4n) is 1.50. The van der Waals surface area contributed by atoms with Crippen molar-refractivity contribution in [2.24, 2.45) is 0 Å². The number of hydrogen-bond acceptors (Lipinski definition) is 2. The highest BCUT2D eigenvalue weighted by Crippen LogP contribution is 2.22. The molecule has 3 nitrogen and oxygen atoms in total. The molecule has 98 valence electrons. The highest BCUT2D eigenvalue weighted by Gasteiger charge is 2.11. The molecule has 0 radical (unpaired) electrons. The fraction of sp³-hybridized carbons (Fsp3) is 0. The molecule has 0 fully saturated rings. The van der Waals surface area contributed by atoms with E-state index in [1.165, 1.54) is 12.1 Å². The Kier molecular flexibility index (Phi) is 4.07. The van der Waals surface area contributed by atoms with Crippen LogP contribution in [0.2, 0.25) is 5.02 Å². The first kappa shape index (κ1) is 13.8. The lowest BCUT2D eigenvalue weighted by atomic mass is 10.1. The van der Waals surface area contributed by atoms with Crippen molar-refractivity contribution < 1.29 is 9.18 Å². The average Bonchev–Trinajstić information content (AvgIpc) is 2.36. The minimum absolute atomic E-state index is 0.0000292. The maximum absolute atomic E-state index is 13.3. The number of carbonyl (C=O) groups is 1. The van der Waals surface area contributed by atoms with Crippen LogP contribution in [0.25, 0.3) is 0 Å². The predicted octanol–water partition coefficient (Wildman–Crippen LogP) is 4.08. The molecule has 0 aliphatic heterocycles. The first-order chi connectivity index (χ1) is 8.97. The summed E-state index contributed by atoms with van der Waals surface area (Å²) >= 11 is 8.82. The largest absolute Gasteiger partial charge is 0.398 e. The van der Waals surface area contributed by atoms with Crippen molar-refractivity contribution in [3.05, 3.63) is 57.3 Å². The molecule has 2 rings (SSSR count). The molecule has 0 bridgehead atoms. The summed E-state index contributed by atoms with van der Waals surface area (Å²) in [5, 5.41) is 2.56. The summed E-state index contributed by atoms with van der Waals surface area (Å²) in [5.41, 5.74) is 6.69. The number of benzene rings is 2. The third-order valence-corrected chi connectivity index (χ3v) is 3.24. The summed E-state index contributed by atoms with van der Waals surface area (Å²) in [6, 6.07) is 8.97. The lowest BCUT2D eigenvalue weighted by Crippen LogP contribution is -2.14. The van der Waals surface area contributed by atoms with Crippen molar-refractivity contribution in [2.75, 3.05) is 11.1 Å². The van der Waals surface area contributed by atoms with Crippen LogP contribution in [0.15, 0.2) is 40.9 Å². The van der Waals surface area contributed by atoms with Crippen LogP contribution < -0.4 is 11.1 Å². The predicted molar refractivity (Wildman–Crippen MR) is 77.9 cm³/mol. The summed E-state index contributed by atoms with van der Waals surface area (Å²) in [7, 11) is 0. The molecule has 19 heavy (non-hydrogen) atoms. The van der Waals surface area contributed by atoms with Crippen molar-refractivity contribution in [1.29, 1.82) is 0 Å². The van der Waals surface area contributed by atoms with Crippen LogP contribution in [0.1, 0.15) is 10.4 Å². The van der Waals surface area contributed by atoms with Gasteiger partial charge in [-0.2, -0.15) is 0 Å². The fourth-order valence-corrected chi connectivity index (χ4v) is 1.98. The Hall–Kier alpha value is -1.59. The topological polar surface area (TPSA) is 55.1 Å². The van der Waals surface area contributed by atoms with E-state index in [1.807, 2.05) is 0 Å². The second-order valence-electron chi connectivity index (χ2n) is 3.81. The molecular weight excluding hydrogens is 335 g/mol. The summed E-state index contributed by atoms with van der Waals surface area (Å²) in [5.74, 6) is -1.01. The number of rotatable bonds is 2. The van der Waals surface area contributed by atoms with Gasteiger partial charge in [0, 0.05) is 15.8 Å². The average molecular weight is 344 g/mol. The molecule has 6 heteroatoms. The Labute approximate surface area is 122 Å². The molecule has 0 aliphatic rings. The van der Waals surface area contributed by atoms with Crippen LogP contribution >= 0.6 is 27.5 Å².